The molecule has 0 spiro atoms. The van der Waals surface area contributed by atoms with Crippen LogP contribution in [0.15, 0.2) is 0 Å². The third kappa shape index (κ3) is 5.31. The second-order valence-electron chi connectivity index (χ2n) is 1.70. The summed E-state index contributed by atoms with van der Waals surface area (Å²) < 4.78 is 4.94. The SMILES string of the molecule is CC(C)C[O][Nd]. The first-order valence-corrected chi connectivity index (χ1v) is 3.37. The fourth-order valence-corrected chi connectivity index (χ4v) is 1.24. The Hall–Kier alpha value is 1.31. The van der Waals surface area contributed by atoms with Gasteiger partial charge in [0.15, 0.2) is 0 Å². The van der Waals surface area contributed by atoms with Gasteiger partial charge in [0.1, 0.15) is 0 Å². The molecule has 0 N–H and O–H groups in total. The molecule has 0 amide bonds. The molecule has 0 bridgehead atoms. The van der Waals surface area contributed by atoms with Crippen LogP contribution >= 0.6 is 0 Å². The monoisotopic (exact) mass is 215 g/mol. The van der Waals surface area contributed by atoms with Crippen LogP contribution in [0, 0.1) is 45.3 Å². The molecule has 0 aromatic heterocycles. The molecule has 0 unspecified atom stereocenters. The summed E-state index contributed by atoms with van der Waals surface area (Å²) in [7, 11) is 0. The zero-order valence-corrected chi connectivity index (χ0v) is 7.40. The number of hydrogen-bond acceptors (Lipinski definition) is 1. The Morgan fingerprint density at radius 3 is 2.17 bits per heavy atom. The van der Waals surface area contributed by atoms with E-state index in [-0.39, 0.29) is 0 Å². The Morgan fingerprint density at radius 1 is 1.67 bits per heavy atom. The first kappa shape index (κ1) is 7.31. The summed E-state index contributed by atoms with van der Waals surface area (Å²) >= 11 is 0.887. The molecule has 0 rings (SSSR count). The Balaban J connectivity index is 2.63. The van der Waals surface area contributed by atoms with E-state index >= 15 is 0 Å². The van der Waals surface area contributed by atoms with Crippen LogP contribution in [0.1, 0.15) is 13.8 Å². The summed E-state index contributed by atoms with van der Waals surface area (Å²) in [6, 6.07) is 0. The third-order valence-corrected chi connectivity index (χ3v) is 0.951. The first-order valence-electron chi connectivity index (χ1n) is 2.06. The molecular weight excluding hydrogens is 208 g/mol. The average Bonchev–Trinajstić information content (AvgIpc) is 1.35. The zero-order chi connectivity index (χ0) is 4.99. The summed E-state index contributed by atoms with van der Waals surface area (Å²) in [6.07, 6.45) is 0. The fraction of sp³-hybridized carbons (Fsp3) is 1.00. The molecule has 0 saturated carbocycles. The van der Waals surface area contributed by atoms with Crippen LogP contribution in [-0.4, -0.2) is 6.61 Å². The van der Waals surface area contributed by atoms with Gasteiger partial charge in [0.2, 0.25) is 0 Å². The van der Waals surface area contributed by atoms with E-state index in [9.17, 15) is 0 Å². The van der Waals surface area contributed by atoms with E-state index in [0.717, 1.165) is 46.0 Å². The maximum absolute atomic E-state index is 4.94. The predicted octanol–water partition coefficient (Wildman–Crippen LogP) is 1.12. The summed E-state index contributed by atoms with van der Waals surface area (Å²) in [4.78, 5) is 0. The topological polar surface area (TPSA) is 9.23 Å². The van der Waals surface area contributed by atoms with Crippen molar-refractivity contribution in [2.75, 3.05) is 6.61 Å². The van der Waals surface area contributed by atoms with Gasteiger partial charge in [-0.05, 0) is 0 Å². The Morgan fingerprint density at radius 2 is 2.17 bits per heavy atom. The van der Waals surface area contributed by atoms with Gasteiger partial charge in [-0.1, -0.05) is 0 Å². The van der Waals surface area contributed by atoms with Crippen LogP contribution in [-0.2, 0) is 1.06 Å². The van der Waals surface area contributed by atoms with Crippen molar-refractivity contribution in [1.82, 2.24) is 0 Å². The van der Waals surface area contributed by atoms with E-state index in [4.69, 9.17) is 1.06 Å². The molecule has 0 heterocycles. The van der Waals surface area contributed by atoms with Crippen molar-refractivity contribution in [2.45, 2.75) is 13.8 Å². The minimum absolute atomic E-state index is 0.711. The molecule has 2 heteroatoms. The Labute approximate surface area is 66.1 Å². The van der Waals surface area contributed by atoms with Crippen LogP contribution in [0.3, 0.4) is 0 Å². The summed E-state index contributed by atoms with van der Waals surface area (Å²) in [5, 5.41) is 0. The molecular formula is C4H9NdO. The molecule has 0 radical (unpaired) electrons. The summed E-state index contributed by atoms with van der Waals surface area (Å²) in [5.41, 5.74) is 0. The molecule has 0 aliphatic heterocycles. The molecule has 0 aromatic rings. The molecule has 35 valence electrons. The van der Waals surface area contributed by atoms with Gasteiger partial charge < -0.3 is 0 Å². The summed E-state index contributed by atoms with van der Waals surface area (Å²) in [5.74, 6) is 0.711. The van der Waals surface area contributed by atoms with E-state index < -0.39 is 0 Å². The number of hydrogen-bond donors (Lipinski definition) is 0. The van der Waals surface area contributed by atoms with Crippen molar-refractivity contribution in [3.63, 3.8) is 0 Å². The Kier molecular flexibility index (Phi) is 5.45. The first-order chi connectivity index (χ1) is 2.77. The van der Waals surface area contributed by atoms with Crippen molar-refractivity contribution in [3.8, 4) is 0 Å². The molecule has 0 aliphatic rings. The number of rotatable bonds is 2. The fourth-order valence-electron chi connectivity index (χ4n) is 0.167. The Bertz CT molecular complexity index is 28.7. The van der Waals surface area contributed by atoms with Gasteiger partial charge in [0, 0.05) is 0 Å². The van der Waals surface area contributed by atoms with Gasteiger partial charge >= 0.3 is 66.8 Å². The van der Waals surface area contributed by atoms with Crippen LogP contribution in [0.25, 0.3) is 0 Å². The van der Waals surface area contributed by atoms with Crippen LogP contribution in [0.4, 0.5) is 0 Å². The second-order valence-corrected chi connectivity index (χ2v) is 2.63. The molecule has 0 saturated heterocycles. The van der Waals surface area contributed by atoms with Crippen molar-refractivity contribution in [3.05, 3.63) is 0 Å². The van der Waals surface area contributed by atoms with Crippen molar-refractivity contribution >= 4 is 0 Å². The van der Waals surface area contributed by atoms with E-state index in [1.54, 1.807) is 0 Å². The standard InChI is InChI=1S/C4H9O.Nd/c1-4(2)3-5;/h4H,3H2,1-2H3;/q-1;+1. The van der Waals surface area contributed by atoms with Gasteiger partial charge in [0.05, 0.1) is 0 Å². The van der Waals surface area contributed by atoms with E-state index in [0.29, 0.717) is 5.92 Å². The van der Waals surface area contributed by atoms with E-state index in [1.165, 1.54) is 0 Å². The van der Waals surface area contributed by atoms with Gasteiger partial charge in [-0.25, -0.2) is 0 Å². The van der Waals surface area contributed by atoms with Crippen molar-refractivity contribution in [2.24, 2.45) is 5.92 Å². The van der Waals surface area contributed by atoms with Gasteiger partial charge in [-0.15, -0.1) is 0 Å². The van der Waals surface area contributed by atoms with Gasteiger partial charge in [-0.3, -0.25) is 0 Å². The molecule has 0 fully saturated rings. The quantitative estimate of drug-likeness (QED) is 0.673. The summed E-state index contributed by atoms with van der Waals surface area (Å²) in [6.45, 7) is 5.24. The maximum atomic E-state index is 4.94. The second kappa shape index (κ2) is 4.47. The van der Waals surface area contributed by atoms with Crippen LogP contribution in [0.5, 0.6) is 0 Å². The van der Waals surface area contributed by atoms with E-state index in [2.05, 4.69) is 13.8 Å². The normalized spacial score (nSPS) is 9.67. The average molecular weight is 217 g/mol. The van der Waals surface area contributed by atoms with Crippen LogP contribution in [0.2, 0.25) is 0 Å². The third-order valence-electron chi connectivity index (χ3n) is 0.417. The predicted molar refractivity (Wildman–Crippen MR) is 20.8 cm³/mol. The molecule has 0 atom stereocenters. The molecule has 1 nitrogen and oxygen atoms in total. The van der Waals surface area contributed by atoms with Crippen LogP contribution < -0.4 is 0 Å². The van der Waals surface area contributed by atoms with Gasteiger partial charge in [0.25, 0.3) is 0 Å². The minimum atomic E-state index is 0.711. The zero-order valence-electron chi connectivity index (χ0n) is 4.19. The molecule has 0 aromatic carbocycles. The van der Waals surface area contributed by atoms with Crippen molar-refractivity contribution < 1.29 is 40.4 Å². The van der Waals surface area contributed by atoms with Gasteiger partial charge in [-0.2, -0.15) is 0 Å². The van der Waals surface area contributed by atoms with Crippen molar-refractivity contribution in [1.29, 1.82) is 0 Å². The van der Waals surface area contributed by atoms with E-state index in [1.807, 2.05) is 0 Å². The molecule has 6 heavy (non-hydrogen) atoms. The molecule has 0 aliphatic carbocycles.